The summed E-state index contributed by atoms with van der Waals surface area (Å²) in [5, 5.41) is 5.12. The minimum absolute atomic E-state index is 0.0830. The minimum atomic E-state index is -4.34. The van der Waals surface area contributed by atoms with Gasteiger partial charge in [-0.1, -0.05) is 0 Å². The largest absolute Gasteiger partial charge is 0.408 e. The third-order valence-electron chi connectivity index (χ3n) is 2.00. The van der Waals surface area contributed by atoms with Gasteiger partial charge in [-0.25, -0.2) is 0 Å². The Morgan fingerprint density at radius 1 is 0.944 bits per heavy atom. The highest BCUT2D eigenvalue weighted by Gasteiger charge is 2.36. The summed E-state index contributed by atoms with van der Waals surface area (Å²) in [5.74, 6) is 0.523. The standard InChI is InChI=1S/C10H16F3N5/c1-5(2)14-8-16-7(4)17-9(18-8)15-6(3)10(11,12)13/h5-6H,1-4H3,(H2,14,15,16,17,18)/t6-/m1/s1. The lowest BCUT2D eigenvalue weighted by molar-refractivity contribution is -0.138. The summed E-state index contributed by atoms with van der Waals surface area (Å²) >= 11 is 0. The molecule has 2 N–H and O–H groups in total. The summed E-state index contributed by atoms with van der Waals surface area (Å²) in [7, 11) is 0. The summed E-state index contributed by atoms with van der Waals surface area (Å²) in [4.78, 5) is 11.7. The summed E-state index contributed by atoms with van der Waals surface area (Å²) in [6, 6.07) is -1.63. The Morgan fingerprint density at radius 3 is 1.89 bits per heavy atom. The van der Waals surface area contributed by atoms with E-state index in [2.05, 4.69) is 25.6 Å². The highest BCUT2D eigenvalue weighted by molar-refractivity contribution is 5.35. The number of aryl methyl sites for hydroxylation is 1. The smallest absolute Gasteiger partial charge is 0.352 e. The van der Waals surface area contributed by atoms with Crippen LogP contribution in [-0.4, -0.2) is 33.2 Å². The van der Waals surface area contributed by atoms with Gasteiger partial charge < -0.3 is 10.6 Å². The van der Waals surface area contributed by atoms with Crippen molar-refractivity contribution in [3.05, 3.63) is 5.82 Å². The zero-order valence-corrected chi connectivity index (χ0v) is 10.6. The van der Waals surface area contributed by atoms with E-state index in [1.54, 1.807) is 6.92 Å². The normalized spacial score (nSPS) is 13.6. The topological polar surface area (TPSA) is 62.7 Å². The zero-order valence-electron chi connectivity index (χ0n) is 10.6. The molecule has 0 radical (unpaired) electrons. The van der Waals surface area contributed by atoms with Crippen molar-refractivity contribution in [1.82, 2.24) is 15.0 Å². The molecule has 0 bridgehead atoms. The predicted octanol–water partition coefficient (Wildman–Crippen LogP) is 2.36. The van der Waals surface area contributed by atoms with Crippen LogP contribution >= 0.6 is 0 Å². The molecule has 1 heterocycles. The first kappa shape index (κ1) is 14.5. The first-order valence-corrected chi connectivity index (χ1v) is 5.51. The Kier molecular flexibility index (Phi) is 4.31. The maximum Gasteiger partial charge on any atom is 0.408 e. The molecular formula is C10H16F3N5. The van der Waals surface area contributed by atoms with Crippen molar-refractivity contribution >= 4 is 11.9 Å². The van der Waals surface area contributed by atoms with Gasteiger partial charge in [-0.15, -0.1) is 0 Å². The first-order valence-electron chi connectivity index (χ1n) is 5.51. The van der Waals surface area contributed by atoms with Gasteiger partial charge in [-0.05, 0) is 27.7 Å². The van der Waals surface area contributed by atoms with Crippen molar-refractivity contribution in [2.24, 2.45) is 0 Å². The van der Waals surface area contributed by atoms with Crippen LogP contribution in [0.25, 0.3) is 0 Å². The Morgan fingerprint density at radius 2 is 1.44 bits per heavy atom. The molecule has 0 fully saturated rings. The van der Waals surface area contributed by atoms with Crippen LogP contribution in [0.2, 0.25) is 0 Å². The molecule has 1 rings (SSSR count). The molecule has 5 nitrogen and oxygen atoms in total. The zero-order chi connectivity index (χ0) is 13.9. The van der Waals surface area contributed by atoms with Crippen LogP contribution in [0, 0.1) is 6.92 Å². The SMILES string of the molecule is Cc1nc(NC(C)C)nc(N[C@H](C)C(F)(F)F)n1. The molecule has 0 spiro atoms. The molecule has 1 atom stereocenters. The van der Waals surface area contributed by atoms with E-state index in [1.165, 1.54) is 0 Å². The highest BCUT2D eigenvalue weighted by Crippen LogP contribution is 2.22. The van der Waals surface area contributed by atoms with Gasteiger partial charge in [0.15, 0.2) is 0 Å². The van der Waals surface area contributed by atoms with Crippen LogP contribution in [0.1, 0.15) is 26.6 Å². The molecule has 8 heteroatoms. The van der Waals surface area contributed by atoms with Crippen molar-refractivity contribution in [2.75, 3.05) is 10.6 Å². The lowest BCUT2D eigenvalue weighted by atomic mass is 10.3. The number of nitrogens with one attached hydrogen (secondary N) is 2. The number of anilines is 2. The third-order valence-corrected chi connectivity index (χ3v) is 2.00. The van der Waals surface area contributed by atoms with Gasteiger partial charge in [0.25, 0.3) is 0 Å². The van der Waals surface area contributed by atoms with E-state index < -0.39 is 12.2 Å². The van der Waals surface area contributed by atoms with Crippen molar-refractivity contribution in [2.45, 2.75) is 46.0 Å². The molecule has 0 aromatic carbocycles. The molecule has 0 aliphatic heterocycles. The van der Waals surface area contributed by atoms with Gasteiger partial charge in [-0.3, -0.25) is 0 Å². The van der Waals surface area contributed by atoms with Crippen molar-refractivity contribution in [3.63, 3.8) is 0 Å². The average molecular weight is 263 g/mol. The predicted molar refractivity (Wildman–Crippen MR) is 62.5 cm³/mol. The van der Waals surface area contributed by atoms with Crippen molar-refractivity contribution in [3.8, 4) is 0 Å². The van der Waals surface area contributed by atoms with E-state index in [4.69, 9.17) is 0 Å². The highest BCUT2D eigenvalue weighted by atomic mass is 19.4. The molecule has 18 heavy (non-hydrogen) atoms. The van der Waals surface area contributed by atoms with Gasteiger partial charge in [0.2, 0.25) is 11.9 Å². The van der Waals surface area contributed by atoms with Crippen LogP contribution in [0.15, 0.2) is 0 Å². The van der Waals surface area contributed by atoms with Crippen LogP contribution < -0.4 is 10.6 Å². The van der Waals surface area contributed by atoms with Crippen LogP contribution in [0.3, 0.4) is 0 Å². The van der Waals surface area contributed by atoms with Crippen molar-refractivity contribution in [1.29, 1.82) is 0 Å². The first-order chi connectivity index (χ1) is 8.18. The Labute approximate surface area is 103 Å². The number of hydrogen-bond acceptors (Lipinski definition) is 5. The fourth-order valence-electron chi connectivity index (χ4n) is 1.14. The fraction of sp³-hybridized carbons (Fsp3) is 0.700. The Hall–Kier alpha value is -1.60. The molecule has 1 aromatic heterocycles. The molecule has 1 aromatic rings. The lowest BCUT2D eigenvalue weighted by Crippen LogP contribution is -2.34. The fourth-order valence-corrected chi connectivity index (χ4v) is 1.14. The molecular weight excluding hydrogens is 247 g/mol. The van der Waals surface area contributed by atoms with Gasteiger partial charge in [0, 0.05) is 6.04 Å². The van der Waals surface area contributed by atoms with Crippen LogP contribution in [0.4, 0.5) is 25.1 Å². The number of hydrogen-bond donors (Lipinski definition) is 2. The second-order valence-corrected chi connectivity index (χ2v) is 4.24. The second kappa shape index (κ2) is 5.36. The number of nitrogens with zero attached hydrogens (tertiary/aromatic N) is 3. The monoisotopic (exact) mass is 263 g/mol. The van der Waals surface area contributed by atoms with Crippen LogP contribution in [0.5, 0.6) is 0 Å². The molecule has 102 valence electrons. The maximum absolute atomic E-state index is 12.4. The van der Waals surface area contributed by atoms with E-state index in [1.807, 2.05) is 13.8 Å². The molecule has 0 saturated carbocycles. The van der Waals surface area contributed by atoms with E-state index in [0.29, 0.717) is 5.82 Å². The quantitative estimate of drug-likeness (QED) is 0.873. The summed E-state index contributed by atoms with van der Waals surface area (Å²) < 4.78 is 37.2. The molecule has 0 aliphatic rings. The minimum Gasteiger partial charge on any atom is -0.352 e. The number of halogens is 3. The summed E-state index contributed by atoms with van der Waals surface area (Å²) in [6.07, 6.45) is -4.34. The number of rotatable bonds is 4. The molecule has 0 saturated heterocycles. The number of aromatic nitrogens is 3. The summed E-state index contributed by atoms with van der Waals surface area (Å²) in [5.41, 5.74) is 0. The third kappa shape index (κ3) is 4.34. The van der Waals surface area contributed by atoms with E-state index >= 15 is 0 Å². The molecule has 0 aliphatic carbocycles. The van der Waals surface area contributed by atoms with E-state index in [0.717, 1.165) is 6.92 Å². The Balaban J connectivity index is 2.86. The molecule has 0 amide bonds. The van der Waals surface area contributed by atoms with E-state index in [9.17, 15) is 13.2 Å². The van der Waals surface area contributed by atoms with Crippen molar-refractivity contribution < 1.29 is 13.2 Å². The number of alkyl halides is 3. The average Bonchev–Trinajstić information content (AvgIpc) is 2.13. The maximum atomic E-state index is 12.4. The van der Waals surface area contributed by atoms with Gasteiger partial charge in [0.05, 0.1) is 0 Å². The van der Waals surface area contributed by atoms with Crippen LogP contribution in [-0.2, 0) is 0 Å². The van der Waals surface area contributed by atoms with Gasteiger partial charge in [0.1, 0.15) is 11.9 Å². The van der Waals surface area contributed by atoms with Gasteiger partial charge in [-0.2, -0.15) is 28.1 Å². The van der Waals surface area contributed by atoms with Gasteiger partial charge >= 0.3 is 6.18 Å². The summed E-state index contributed by atoms with van der Waals surface area (Å²) in [6.45, 7) is 6.36. The molecule has 0 unspecified atom stereocenters. The van der Waals surface area contributed by atoms with E-state index in [-0.39, 0.29) is 17.9 Å². The lowest BCUT2D eigenvalue weighted by Gasteiger charge is -2.17. The Bertz CT molecular complexity index is 405. The second-order valence-electron chi connectivity index (χ2n) is 4.24.